The number of rotatable bonds is 2. The van der Waals surface area contributed by atoms with Crippen molar-refractivity contribution in [3.05, 3.63) is 24.3 Å². The average Bonchev–Trinajstić information content (AvgIpc) is 2.01. The van der Waals surface area contributed by atoms with Crippen molar-refractivity contribution in [2.75, 3.05) is 0 Å². The van der Waals surface area contributed by atoms with Crippen molar-refractivity contribution in [3.8, 4) is 0 Å². The molecule has 0 fully saturated rings. The van der Waals surface area contributed by atoms with E-state index in [1.54, 1.807) is 0 Å². The lowest BCUT2D eigenvalue weighted by Gasteiger charge is -1.76. The second kappa shape index (κ2) is 15.8. The van der Waals surface area contributed by atoms with Gasteiger partial charge in [-0.2, -0.15) is 0 Å². The van der Waals surface area contributed by atoms with Gasteiger partial charge in [-0.05, 0) is 27.2 Å². The van der Waals surface area contributed by atoms with Crippen LogP contribution in [0.1, 0.15) is 40.5 Å². The van der Waals surface area contributed by atoms with Crippen LogP contribution in [0.25, 0.3) is 0 Å². The molecule has 0 radical (unpaired) electrons. The van der Waals surface area contributed by atoms with Crippen LogP contribution in [-0.4, -0.2) is 0 Å². The van der Waals surface area contributed by atoms with Gasteiger partial charge in [0.2, 0.25) is 0 Å². The minimum Gasteiger partial charge on any atom is -0.0919 e. The van der Waals surface area contributed by atoms with E-state index in [9.17, 15) is 0 Å². The molecule has 0 spiro atoms. The minimum absolute atomic E-state index is 1.23. The maximum atomic E-state index is 2.18. The summed E-state index contributed by atoms with van der Waals surface area (Å²) < 4.78 is 0. The lowest BCUT2D eigenvalue weighted by Crippen LogP contribution is -1.55. The van der Waals surface area contributed by atoms with E-state index in [2.05, 4.69) is 26.0 Å². The molecule has 0 aromatic heterocycles. The van der Waals surface area contributed by atoms with Gasteiger partial charge in [0.25, 0.3) is 0 Å². The molecule has 0 amide bonds. The Hall–Kier alpha value is -0.520. The lowest BCUT2D eigenvalue weighted by molar-refractivity contribution is 0.957. The van der Waals surface area contributed by atoms with Gasteiger partial charge < -0.3 is 0 Å². The minimum atomic E-state index is 1.23. The van der Waals surface area contributed by atoms with Gasteiger partial charge in [-0.3, -0.25) is 0 Å². The molecule has 0 heteroatoms. The van der Waals surface area contributed by atoms with Gasteiger partial charge in [0.15, 0.2) is 0 Å². The van der Waals surface area contributed by atoms with Gasteiger partial charge in [-0.25, -0.2) is 0 Å². The molecule has 0 unspecified atom stereocenters. The van der Waals surface area contributed by atoms with Crippen molar-refractivity contribution >= 4 is 0 Å². The summed E-state index contributed by atoms with van der Waals surface area (Å²) in [4.78, 5) is 0. The van der Waals surface area contributed by atoms with Crippen molar-refractivity contribution in [3.63, 3.8) is 0 Å². The smallest absolute Gasteiger partial charge is 0.0353 e. The molecule has 0 bridgehead atoms. The molecule has 0 atom stereocenters. The maximum absolute atomic E-state index is 2.18. The third kappa shape index (κ3) is 25.9. The zero-order valence-electron chi connectivity index (χ0n) is 7.72. The van der Waals surface area contributed by atoms with Crippen molar-refractivity contribution in [1.82, 2.24) is 0 Å². The summed E-state index contributed by atoms with van der Waals surface area (Å²) in [5, 5.41) is 0. The summed E-state index contributed by atoms with van der Waals surface area (Å²) in [6.45, 7) is 8.23. The summed E-state index contributed by atoms with van der Waals surface area (Å²) in [5.74, 6) is 0. The predicted octanol–water partition coefficient (Wildman–Crippen LogP) is 3.95. The molecule has 0 saturated carbocycles. The van der Waals surface area contributed by atoms with Crippen molar-refractivity contribution in [1.29, 1.82) is 0 Å². The fourth-order valence-corrected chi connectivity index (χ4v) is 0.333. The first-order valence-corrected chi connectivity index (χ1v) is 4.01. The molecule has 0 N–H and O–H groups in total. The van der Waals surface area contributed by atoms with Crippen LogP contribution in [-0.2, 0) is 0 Å². The fraction of sp³-hybridized carbons (Fsp3) is 0.600. The Kier molecular flexibility index (Phi) is 19.3. The fourth-order valence-electron chi connectivity index (χ4n) is 0.333. The third-order valence-electron chi connectivity index (χ3n) is 1.02. The highest BCUT2D eigenvalue weighted by Gasteiger charge is 1.64. The molecule has 0 aromatic rings. The number of allylic oxidation sites excluding steroid dienone is 4. The molecule has 60 valence electrons. The summed E-state index contributed by atoms with van der Waals surface area (Å²) >= 11 is 0. The molecule has 0 saturated heterocycles. The van der Waals surface area contributed by atoms with Crippen molar-refractivity contribution in [2.45, 2.75) is 40.5 Å². The van der Waals surface area contributed by atoms with Crippen LogP contribution in [0.5, 0.6) is 0 Å². The van der Waals surface area contributed by atoms with Crippen LogP contribution in [0, 0.1) is 0 Å². The van der Waals surface area contributed by atoms with Crippen LogP contribution in [0.4, 0.5) is 0 Å². The predicted molar refractivity (Wildman–Crippen MR) is 50.2 cm³/mol. The topological polar surface area (TPSA) is 0 Å². The van der Waals surface area contributed by atoms with Crippen LogP contribution < -0.4 is 0 Å². The molecule has 0 heterocycles. The SMILES string of the molecule is CC=CC.CC=CCCC. The van der Waals surface area contributed by atoms with E-state index < -0.39 is 0 Å². The maximum Gasteiger partial charge on any atom is -0.0353 e. The van der Waals surface area contributed by atoms with E-state index in [0.29, 0.717) is 0 Å². The molecule has 0 nitrogen and oxygen atoms in total. The number of hydrogen-bond acceptors (Lipinski definition) is 0. The van der Waals surface area contributed by atoms with Crippen LogP contribution in [0.3, 0.4) is 0 Å². The molecular formula is C10H20. The first-order valence-electron chi connectivity index (χ1n) is 4.01. The summed E-state index contributed by atoms with van der Waals surface area (Å²) in [6, 6.07) is 0. The zero-order valence-corrected chi connectivity index (χ0v) is 7.72. The van der Waals surface area contributed by atoms with Gasteiger partial charge in [0.05, 0.1) is 0 Å². The molecule has 0 aliphatic rings. The van der Waals surface area contributed by atoms with Gasteiger partial charge >= 0.3 is 0 Å². The van der Waals surface area contributed by atoms with Gasteiger partial charge in [0, 0.05) is 0 Å². The molecule has 0 aliphatic carbocycles. The second-order valence-electron chi connectivity index (χ2n) is 2.02. The van der Waals surface area contributed by atoms with Crippen molar-refractivity contribution in [2.24, 2.45) is 0 Å². The standard InChI is InChI=1S/C6H12.C4H8/c1-3-5-6-4-2;1-3-4-2/h3,5H,4,6H2,1-2H3;3-4H,1-2H3. The molecule has 0 rings (SSSR count). The Labute approximate surface area is 65.7 Å². The van der Waals surface area contributed by atoms with Gasteiger partial charge in [-0.1, -0.05) is 37.6 Å². The first-order chi connectivity index (χ1) is 4.83. The Bertz CT molecular complexity index is 74.0. The van der Waals surface area contributed by atoms with E-state index in [-0.39, 0.29) is 0 Å². The van der Waals surface area contributed by atoms with Crippen LogP contribution in [0.15, 0.2) is 24.3 Å². The highest BCUT2D eigenvalue weighted by Crippen LogP contribution is 1.85. The third-order valence-corrected chi connectivity index (χ3v) is 1.02. The number of hydrogen-bond donors (Lipinski definition) is 0. The largest absolute Gasteiger partial charge is 0.0919 e. The molecule has 0 aliphatic heterocycles. The monoisotopic (exact) mass is 140 g/mol. The van der Waals surface area contributed by atoms with Crippen LogP contribution in [0.2, 0.25) is 0 Å². The Balaban J connectivity index is 0. The summed E-state index contributed by atoms with van der Waals surface area (Å²) in [5.41, 5.74) is 0. The van der Waals surface area contributed by atoms with E-state index in [1.807, 2.05) is 26.0 Å². The molecule has 0 aromatic carbocycles. The zero-order chi connectivity index (χ0) is 8.24. The number of unbranched alkanes of at least 4 members (excludes halogenated alkanes) is 1. The van der Waals surface area contributed by atoms with Gasteiger partial charge in [-0.15, -0.1) is 0 Å². The Morgan fingerprint density at radius 2 is 1.40 bits per heavy atom. The average molecular weight is 140 g/mol. The van der Waals surface area contributed by atoms with E-state index >= 15 is 0 Å². The van der Waals surface area contributed by atoms with Gasteiger partial charge in [0.1, 0.15) is 0 Å². The lowest BCUT2D eigenvalue weighted by atomic mass is 10.3. The van der Waals surface area contributed by atoms with E-state index in [0.717, 1.165) is 0 Å². The van der Waals surface area contributed by atoms with Crippen molar-refractivity contribution < 1.29 is 0 Å². The Morgan fingerprint density at radius 3 is 1.50 bits per heavy atom. The molecular weight excluding hydrogens is 120 g/mol. The van der Waals surface area contributed by atoms with Crippen LogP contribution >= 0.6 is 0 Å². The normalized spacial score (nSPS) is 10.0. The Morgan fingerprint density at radius 1 is 0.900 bits per heavy atom. The van der Waals surface area contributed by atoms with E-state index in [1.165, 1.54) is 12.8 Å². The first kappa shape index (κ1) is 12.2. The highest BCUT2D eigenvalue weighted by molar-refractivity contribution is 4.75. The van der Waals surface area contributed by atoms with E-state index in [4.69, 9.17) is 0 Å². The second-order valence-corrected chi connectivity index (χ2v) is 2.02. The highest BCUT2D eigenvalue weighted by atomic mass is 13.7. The summed E-state index contributed by atoms with van der Waals surface area (Å²) in [6.07, 6.45) is 10.8. The summed E-state index contributed by atoms with van der Waals surface area (Å²) in [7, 11) is 0. The molecule has 10 heavy (non-hydrogen) atoms. The quantitative estimate of drug-likeness (QED) is 0.509.